The molecule has 6 heteroatoms. The SMILES string of the molecule is CCNc1nc(-c2cc(OC)c3ccc(OC)cc3n2)cs1. The van der Waals surface area contributed by atoms with E-state index in [4.69, 9.17) is 14.5 Å². The third kappa shape index (κ3) is 2.69. The van der Waals surface area contributed by atoms with E-state index in [1.165, 1.54) is 0 Å². The minimum Gasteiger partial charge on any atom is -0.497 e. The molecule has 1 aromatic carbocycles. The number of anilines is 1. The van der Waals surface area contributed by atoms with Crippen molar-refractivity contribution >= 4 is 27.4 Å². The molecule has 0 aliphatic carbocycles. The zero-order valence-corrected chi connectivity index (χ0v) is 13.5. The van der Waals surface area contributed by atoms with Gasteiger partial charge in [0.2, 0.25) is 0 Å². The Labute approximate surface area is 132 Å². The maximum absolute atomic E-state index is 5.50. The van der Waals surface area contributed by atoms with E-state index in [0.29, 0.717) is 0 Å². The predicted molar refractivity (Wildman–Crippen MR) is 90.1 cm³/mol. The average Bonchev–Trinajstić information content (AvgIpc) is 3.02. The van der Waals surface area contributed by atoms with Crippen LogP contribution in [-0.4, -0.2) is 30.7 Å². The van der Waals surface area contributed by atoms with Crippen molar-refractivity contribution in [3.8, 4) is 22.9 Å². The van der Waals surface area contributed by atoms with Gasteiger partial charge < -0.3 is 14.8 Å². The molecule has 22 heavy (non-hydrogen) atoms. The fourth-order valence-electron chi connectivity index (χ4n) is 2.23. The van der Waals surface area contributed by atoms with Crippen LogP contribution >= 0.6 is 11.3 Å². The predicted octanol–water partition coefficient (Wildman–Crippen LogP) is 3.81. The van der Waals surface area contributed by atoms with E-state index < -0.39 is 0 Å². The van der Waals surface area contributed by atoms with E-state index in [1.807, 2.05) is 36.6 Å². The lowest BCUT2D eigenvalue weighted by Crippen LogP contribution is -1.96. The van der Waals surface area contributed by atoms with E-state index in [-0.39, 0.29) is 0 Å². The van der Waals surface area contributed by atoms with Crippen molar-refractivity contribution < 1.29 is 9.47 Å². The zero-order valence-electron chi connectivity index (χ0n) is 12.7. The number of pyridine rings is 1. The van der Waals surface area contributed by atoms with Crippen molar-refractivity contribution in [2.24, 2.45) is 0 Å². The first kappa shape index (κ1) is 14.6. The molecule has 0 saturated carbocycles. The number of thiazole rings is 1. The van der Waals surface area contributed by atoms with Crippen LogP contribution in [0.2, 0.25) is 0 Å². The minimum atomic E-state index is 0.769. The number of benzene rings is 1. The van der Waals surface area contributed by atoms with Gasteiger partial charge in [-0.1, -0.05) is 0 Å². The van der Waals surface area contributed by atoms with Crippen LogP contribution < -0.4 is 14.8 Å². The smallest absolute Gasteiger partial charge is 0.183 e. The van der Waals surface area contributed by atoms with Gasteiger partial charge in [0.05, 0.1) is 25.4 Å². The lowest BCUT2D eigenvalue weighted by molar-refractivity contribution is 0.414. The van der Waals surface area contributed by atoms with E-state index in [0.717, 1.165) is 45.5 Å². The fraction of sp³-hybridized carbons (Fsp3) is 0.250. The standard InChI is InChI=1S/C16H17N3O2S/c1-4-17-16-19-14(9-22-16)13-8-15(21-3)11-6-5-10(20-2)7-12(11)18-13/h5-9H,4H2,1-3H3,(H,17,19). The van der Waals surface area contributed by atoms with Gasteiger partial charge in [-0.3, -0.25) is 0 Å². The van der Waals surface area contributed by atoms with Gasteiger partial charge in [0.1, 0.15) is 17.2 Å². The summed E-state index contributed by atoms with van der Waals surface area (Å²) in [6.45, 7) is 2.89. The molecule has 114 valence electrons. The van der Waals surface area contributed by atoms with Gasteiger partial charge in [0.15, 0.2) is 5.13 Å². The summed E-state index contributed by atoms with van der Waals surface area (Å²) in [7, 11) is 3.30. The van der Waals surface area contributed by atoms with E-state index >= 15 is 0 Å². The minimum absolute atomic E-state index is 0.769. The molecule has 0 unspecified atom stereocenters. The molecule has 0 aliphatic rings. The van der Waals surface area contributed by atoms with Crippen molar-refractivity contribution in [2.75, 3.05) is 26.1 Å². The van der Waals surface area contributed by atoms with Crippen molar-refractivity contribution in [1.82, 2.24) is 9.97 Å². The largest absolute Gasteiger partial charge is 0.497 e. The maximum atomic E-state index is 5.50. The lowest BCUT2D eigenvalue weighted by atomic mass is 10.1. The summed E-state index contributed by atoms with van der Waals surface area (Å²) in [6.07, 6.45) is 0. The Balaban J connectivity index is 2.12. The number of hydrogen-bond acceptors (Lipinski definition) is 6. The number of rotatable bonds is 5. The van der Waals surface area contributed by atoms with Gasteiger partial charge in [0.25, 0.3) is 0 Å². The number of aromatic nitrogens is 2. The first-order chi connectivity index (χ1) is 10.7. The monoisotopic (exact) mass is 315 g/mol. The number of methoxy groups -OCH3 is 2. The van der Waals surface area contributed by atoms with Crippen LogP contribution in [0, 0.1) is 0 Å². The molecule has 3 rings (SSSR count). The summed E-state index contributed by atoms with van der Waals surface area (Å²) in [5.41, 5.74) is 2.45. The highest BCUT2D eigenvalue weighted by Crippen LogP contribution is 2.32. The average molecular weight is 315 g/mol. The Bertz CT molecular complexity index is 801. The topological polar surface area (TPSA) is 56.3 Å². The molecule has 0 atom stereocenters. The summed E-state index contributed by atoms with van der Waals surface area (Å²) in [4.78, 5) is 9.25. The number of hydrogen-bond donors (Lipinski definition) is 1. The lowest BCUT2D eigenvalue weighted by Gasteiger charge is -2.08. The molecule has 2 aromatic heterocycles. The molecule has 0 aliphatic heterocycles. The number of nitrogens with one attached hydrogen (secondary N) is 1. The highest BCUT2D eigenvalue weighted by Gasteiger charge is 2.11. The third-order valence-corrected chi connectivity index (χ3v) is 4.09. The van der Waals surface area contributed by atoms with Crippen LogP contribution in [0.25, 0.3) is 22.3 Å². The number of nitrogens with zero attached hydrogens (tertiary/aromatic N) is 2. The highest BCUT2D eigenvalue weighted by molar-refractivity contribution is 7.14. The summed E-state index contributed by atoms with van der Waals surface area (Å²) in [5, 5.41) is 7.05. The molecule has 0 radical (unpaired) electrons. The van der Waals surface area contributed by atoms with Gasteiger partial charge in [0, 0.05) is 29.4 Å². The number of ether oxygens (including phenoxy) is 2. The molecule has 1 N–H and O–H groups in total. The van der Waals surface area contributed by atoms with Gasteiger partial charge in [-0.15, -0.1) is 11.3 Å². The second kappa shape index (κ2) is 6.19. The molecule has 2 heterocycles. The van der Waals surface area contributed by atoms with Gasteiger partial charge >= 0.3 is 0 Å². The Morgan fingerprint density at radius 1 is 1.09 bits per heavy atom. The molecule has 0 fully saturated rings. The molecule has 3 aromatic rings. The Morgan fingerprint density at radius 2 is 1.95 bits per heavy atom. The van der Waals surface area contributed by atoms with Gasteiger partial charge in [-0.2, -0.15) is 0 Å². The first-order valence-corrected chi connectivity index (χ1v) is 7.85. The molecule has 0 amide bonds. The Kier molecular flexibility index (Phi) is 4.11. The third-order valence-electron chi connectivity index (χ3n) is 3.29. The van der Waals surface area contributed by atoms with Crippen LogP contribution in [0.3, 0.4) is 0 Å². The molecular weight excluding hydrogens is 298 g/mol. The van der Waals surface area contributed by atoms with Crippen LogP contribution in [0.4, 0.5) is 5.13 Å². The van der Waals surface area contributed by atoms with E-state index in [1.54, 1.807) is 25.6 Å². The van der Waals surface area contributed by atoms with Crippen molar-refractivity contribution in [3.05, 3.63) is 29.6 Å². The van der Waals surface area contributed by atoms with E-state index in [9.17, 15) is 0 Å². The quantitative estimate of drug-likeness (QED) is 0.776. The fourth-order valence-corrected chi connectivity index (χ4v) is 3.00. The van der Waals surface area contributed by atoms with Crippen LogP contribution in [-0.2, 0) is 0 Å². The van der Waals surface area contributed by atoms with Gasteiger partial charge in [-0.05, 0) is 19.1 Å². The summed E-state index contributed by atoms with van der Waals surface area (Å²) < 4.78 is 10.8. The van der Waals surface area contributed by atoms with Crippen molar-refractivity contribution in [1.29, 1.82) is 0 Å². The molecule has 0 bridgehead atoms. The molecule has 0 spiro atoms. The second-order valence-corrected chi connectivity index (χ2v) is 5.52. The van der Waals surface area contributed by atoms with E-state index in [2.05, 4.69) is 10.3 Å². The first-order valence-electron chi connectivity index (χ1n) is 6.97. The summed E-state index contributed by atoms with van der Waals surface area (Å²) >= 11 is 1.57. The second-order valence-electron chi connectivity index (χ2n) is 4.66. The van der Waals surface area contributed by atoms with Crippen molar-refractivity contribution in [2.45, 2.75) is 6.92 Å². The van der Waals surface area contributed by atoms with Gasteiger partial charge in [-0.25, -0.2) is 9.97 Å². The Hall–Kier alpha value is -2.34. The molecule has 0 saturated heterocycles. The molecular formula is C16H17N3O2S. The van der Waals surface area contributed by atoms with Crippen LogP contribution in [0.15, 0.2) is 29.6 Å². The highest BCUT2D eigenvalue weighted by atomic mass is 32.1. The summed E-state index contributed by atoms with van der Waals surface area (Å²) in [6, 6.07) is 7.67. The zero-order chi connectivity index (χ0) is 15.5. The maximum Gasteiger partial charge on any atom is 0.183 e. The Morgan fingerprint density at radius 3 is 2.68 bits per heavy atom. The van der Waals surface area contributed by atoms with Crippen LogP contribution in [0.5, 0.6) is 11.5 Å². The van der Waals surface area contributed by atoms with Crippen LogP contribution in [0.1, 0.15) is 6.92 Å². The summed E-state index contributed by atoms with van der Waals surface area (Å²) in [5.74, 6) is 1.55. The number of fused-ring (bicyclic) bond motifs is 1. The molecule has 5 nitrogen and oxygen atoms in total. The normalized spacial score (nSPS) is 10.7. The van der Waals surface area contributed by atoms with Crippen molar-refractivity contribution in [3.63, 3.8) is 0 Å².